The molecule has 1 saturated heterocycles. The molecule has 1 fully saturated rings. The largest absolute Gasteiger partial charge is 0.491 e. The Labute approximate surface area is 167 Å². The third kappa shape index (κ3) is 3.35. The van der Waals surface area contributed by atoms with Gasteiger partial charge in [0, 0.05) is 17.7 Å². The zero-order valence-corrected chi connectivity index (χ0v) is 15.7. The minimum absolute atomic E-state index is 0.0133. The molecule has 0 saturated carbocycles. The van der Waals surface area contributed by atoms with E-state index in [4.69, 9.17) is 4.74 Å². The SMILES string of the molecule is C[C@]1(C(=O)N2CCOc3cc(-c4noc(C(F)(F)F)n4)cc(F)c3C2)CCNC1=O. The second kappa shape index (κ2) is 6.96. The van der Waals surface area contributed by atoms with Crippen LogP contribution in [-0.2, 0) is 22.3 Å². The monoisotopic (exact) mass is 428 g/mol. The minimum atomic E-state index is -4.82. The first-order valence-corrected chi connectivity index (χ1v) is 9.04. The number of hydrogen-bond acceptors (Lipinski definition) is 6. The van der Waals surface area contributed by atoms with Crippen molar-refractivity contribution in [3.05, 3.63) is 29.4 Å². The van der Waals surface area contributed by atoms with Gasteiger partial charge in [-0.15, -0.1) is 0 Å². The van der Waals surface area contributed by atoms with Gasteiger partial charge in [-0.2, -0.15) is 18.2 Å². The Morgan fingerprint density at radius 1 is 1.33 bits per heavy atom. The maximum atomic E-state index is 14.8. The quantitative estimate of drug-likeness (QED) is 0.582. The van der Waals surface area contributed by atoms with Gasteiger partial charge in [-0.1, -0.05) is 5.16 Å². The summed E-state index contributed by atoms with van der Waals surface area (Å²) in [5, 5.41) is 5.86. The number of aromatic nitrogens is 2. The number of alkyl halides is 3. The highest BCUT2D eigenvalue weighted by Gasteiger charge is 2.47. The highest BCUT2D eigenvalue weighted by atomic mass is 19.4. The van der Waals surface area contributed by atoms with E-state index in [0.29, 0.717) is 13.0 Å². The standard InChI is InChI=1S/C18H16F4N4O4/c1-17(2-3-23-14(17)27)16(28)26-4-5-29-12-7-9(6-11(19)10(12)8-26)13-24-15(30-25-13)18(20,21)22/h6-7H,2-5,8H2,1H3,(H,23,27)/t17-/m0/s1. The van der Waals surface area contributed by atoms with Crippen molar-refractivity contribution in [2.45, 2.75) is 26.1 Å². The van der Waals surface area contributed by atoms with Crippen LogP contribution in [0.25, 0.3) is 11.4 Å². The van der Waals surface area contributed by atoms with E-state index in [9.17, 15) is 27.2 Å². The number of halogens is 4. The second-order valence-corrected chi connectivity index (χ2v) is 7.27. The lowest BCUT2D eigenvalue weighted by Crippen LogP contribution is -2.46. The van der Waals surface area contributed by atoms with Gasteiger partial charge in [0.25, 0.3) is 0 Å². The van der Waals surface area contributed by atoms with Crippen LogP contribution >= 0.6 is 0 Å². The first kappa shape index (κ1) is 20.1. The number of fused-ring (bicyclic) bond motifs is 1. The maximum Gasteiger partial charge on any atom is 0.471 e. The van der Waals surface area contributed by atoms with E-state index in [-0.39, 0.29) is 42.5 Å². The van der Waals surface area contributed by atoms with Crippen molar-refractivity contribution < 1.29 is 36.4 Å². The molecule has 1 aromatic carbocycles. The van der Waals surface area contributed by atoms with Crippen LogP contribution in [0, 0.1) is 11.2 Å². The summed E-state index contributed by atoms with van der Waals surface area (Å²) in [5.41, 5.74) is -1.25. The van der Waals surface area contributed by atoms with Gasteiger partial charge in [-0.25, -0.2) is 4.39 Å². The number of carbonyl (C=O) groups excluding carboxylic acids is 2. The van der Waals surface area contributed by atoms with Crippen LogP contribution in [0.3, 0.4) is 0 Å². The van der Waals surface area contributed by atoms with Crippen molar-refractivity contribution in [3.8, 4) is 17.1 Å². The van der Waals surface area contributed by atoms with Crippen molar-refractivity contribution in [3.63, 3.8) is 0 Å². The molecule has 3 heterocycles. The van der Waals surface area contributed by atoms with Crippen LogP contribution in [0.15, 0.2) is 16.7 Å². The van der Waals surface area contributed by atoms with Gasteiger partial charge in [0.1, 0.15) is 23.6 Å². The molecule has 0 aliphatic carbocycles. The third-order valence-corrected chi connectivity index (χ3v) is 5.22. The van der Waals surface area contributed by atoms with E-state index in [1.165, 1.54) is 17.9 Å². The van der Waals surface area contributed by atoms with E-state index >= 15 is 0 Å². The Bertz CT molecular complexity index is 1020. The number of nitrogens with zero attached hydrogens (tertiary/aromatic N) is 3. The van der Waals surface area contributed by atoms with Gasteiger partial charge in [-0.3, -0.25) is 9.59 Å². The molecule has 1 N–H and O–H groups in total. The third-order valence-electron chi connectivity index (χ3n) is 5.22. The van der Waals surface area contributed by atoms with Crippen LogP contribution in [0.2, 0.25) is 0 Å². The van der Waals surface area contributed by atoms with Gasteiger partial charge in [0.05, 0.1) is 13.1 Å². The van der Waals surface area contributed by atoms with Crippen LogP contribution in [0.5, 0.6) is 5.75 Å². The summed E-state index contributed by atoms with van der Waals surface area (Å²) in [7, 11) is 0. The van der Waals surface area contributed by atoms with E-state index in [2.05, 4.69) is 20.0 Å². The maximum absolute atomic E-state index is 14.8. The molecule has 0 bridgehead atoms. The number of nitrogens with one attached hydrogen (secondary N) is 1. The highest BCUT2D eigenvalue weighted by Crippen LogP contribution is 2.35. The average molecular weight is 428 g/mol. The molecule has 2 aliphatic rings. The number of carbonyl (C=O) groups is 2. The van der Waals surface area contributed by atoms with Gasteiger partial charge in [-0.05, 0) is 25.5 Å². The summed E-state index contributed by atoms with van der Waals surface area (Å²) in [4.78, 5) is 29.6. The Morgan fingerprint density at radius 3 is 2.73 bits per heavy atom. The number of rotatable bonds is 2. The van der Waals surface area contributed by atoms with Crippen molar-refractivity contribution in [2.75, 3.05) is 19.7 Å². The van der Waals surface area contributed by atoms with Crippen LogP contribution in [0.1, 0.15) is 24.8 Å². The second-order valence-electron chi connectivity index (χ2n) is 7.27. The fourth-order valence-electron chi connectivity index (χ4n) is 3.48. The first-order chi connectivity index (χ1) is 14.1. The Balaban J connectivity index is 1.63. The summed E-state index contributed by atoms with van der Waals surface area (Å²) < 4.78 is 62.5. The summed E-state index contributed by atoms with van der Waals surface area (Å²) >= 11 is 0. The molecular formula is C18H16F4N4O4. The van der Waals surface area contributed by atoms with Crippen molar-refractivity contribution in [2.24, 2.45) is 5.41 Å². The number of amides is 2. The van der Waals surface area contributed by atoms with Crippen LogP contribution in [-0.4, -0.2) is 46.6 Å². The zero-order valence-electron chi connectivity index (χ0n) is 15.7. The molecule has 0 unspecified atom stereocenters. The lowest BCUT2D eigenvalue weighted by Gasteiger charge is -2.28. The van der Waals surface area contributed by atoms with Crippen molar-refractivity contribution in [1.29, 1.82) is 0 Å². The predicted octanol–water partition coefficient (Wildman–Crippen LogP) is 2.14. The molecule has 12 heteroatoms. The van der Waals surface area contributed by atoms with Crippen molar-refractivity contribution >= 4 is 11.8 Å². The normalized spacial score (nSPS) is 21.6. The molecule has 8 nitrogen and oxygen atoms in total. The van der Waals surface area contributed by atoms with Gasteiger partial charge < -0.3 is 19.5 Å². The molecule has 160 valence electrons. The van der Waals surface area contributed by atoms with Gasteiger partial charge in [0.2, 0.25) is 17.6 Å². The Morgan fingerprint density at radius 2 is 2.10 bits per heavy atom. The molecule has 0 spiro atoms. The smallest absolute Gasteiger partial charge is 0.471 e. The zero-order chi connectivity index (χ0) is 21.7. The van der Waals surface area contributed by atoms with E-state index in [0.717, 1.165) is 6.07 Å². The van der Waals surface area contributed by atoms with Crippen LogP contribution < -0.4 is 10.1 Å². The van der Waals surface area contributed by atoms with Gasteiger partial charge >= 0.3 is 12.1 Å². The highest BCUT2D eigenvalue weighted by molar-refractivity contribution is 6.06. The lowest BCUT2D eigenvalue weighted by atomic mass is 9.87. The summed E-state index contributed by atoms with van der Waals surface area (Å²) in [6, 6.07) is 2.24. The molecule has 2 aromatic rings. The average Bonchev–Trinajstić information content (AvgIpc) is 3.24. The Hall–Kier alpha value is -3.18. The summed E-state index contributed by atoms with van der Waals surface area (Å²) in [6.07, 6.45) is -4.49. The molecule has 1 aromatic heterocycles. The molecule has 2 amide bonds. The molecule has 0 radical (unpaired) electrons. The topological polar surface area (TPSA) is 97.6 Å². The number of ether oxygens (including phenoxy) is 1. The van der Waals surface area contributed by atoms with E-state index in [1.54, 1.807) is 0 Å². The fourth-order valence-corrected chi connectivity index (χ4v) is 3.48. The summed E-state index contributed by atoms with van der Waals surface area (Å²) in [5.74, 6) is -3.56. The van der Waals surface area contributed by atoms with E-state index in [1.807, 2.05) is 0 Å². The summed E-state index contributed by atoms with van der Waals surface area (Å²) in [6.45, 7) is 1.90. The predicted molar refractivity (Wildman–Crippen MR) is 91.3 cm³/mol. The lowest BCUT2D eigenvalue weighted by molar-refractivity contribution is -0.159. The van der Waals surface area contributed by atoms with Crippen molar-refractivity contribution in [1.82, 2.24) is 20.4 Å². The molecule has 4 rings (SSSR count). The number of benzene rings is 1. The molecular weight excluding hydrogens is 412 g/mol. The molecule has 30 heavy (non-hydrogen) atoms. The number of hydrogen-bond donors (Lipinski definition) is 1. The van der Waals surface area contributed by atoms with E-state index < -0.39 is 35.0 Å². The molecule has 2 aliphatic heterocycles. The van der Waals surface area contributed by atoms with Gasteiger partial charge in [0.15, 0.2) is 0 Å². The Kier molecular flexibility index (Phi) is 4.66. The fraction of sp³-hybridized carbons (Fsp3) is 0.444. The van der Waals surface area contributed by atoms with Crippen LogP contribution in [0.4, 0.5) is 17.6 Å². The molecule has 1 atom stereocenters. The first-order valence-electron chi connectivity index (χ1n) is 9.04. The minimum Gasteiger partial charge on any atom is -0.491 e.